The summed E-state index contributed by atoms with van der Waals surface area (Å²) >= 11 is 0. The zero-order valence-corrected chi connectivity index (χ0v) is 11.0. The Labute approximate surface area is 112 Å². The second-order valence-corrected chi connectivity index (χ2v) is 4.54. The smallest absolute Gasteiger partial charge is 0.335 e. The van der Waals surface area contributed by atoms with Gasteiger partial charge in [0.15, 0.2) is 0 Å². The summed E-state index contributed by atoms with van der Waals surface area (Å²) in [5.41, 5.74) is 3.35. The van der Waals surface area contributed by atoms with E-state index in [1.165, 1.54) is 18.4 Å². The van der Waals surface area contributed by atoms with Gasteiger partial charge in [-0.3, -0.25) is 4.98 Å². The predicted octanol–water partition coefficient (Wildman–Crippen LogP) is 3.79. The first kappa shape index (κ1) is 13.3. The number of benzene rings is 1. The number of carboxylic acid groups (broad SMARTS) is 1. The molecule has 3 heteroatoms. The van der Waals surface area contributed by atoms with E-state index >= 15 is 0 Å². The molecule has 0 amide bonds. The molecule has 1 aromatic carbocycles. The average Bonchev–Trinajstić information content (AvgIpc) is 2.46. The van der Waals surface area contributed by atoms with Gasteiger partial charge in [0, 0.05) is 11.8 Å². The lowest BCUT2D eigenvalue weighted by atomic mass is 10.1. The zero-order chi connectivity index (χ0) is 13.7. The Morgan fingerprint density at radius 2 is 1.89 bits per heavy atom. The van der Waals surface area contributed by atoms with Crippen LogP contribution in [-0.4, -0.2) is 16.1 Å². The van der Waals surface area contributed by atoms with Crippen LogP contribution in [-0.2, 0) is 6.42 Å². The Kier molecular flexibility index (Phi) is 4.29. The molecule has 0 unspecified atom stereocenters. The van der Waals surface area contributed by atoms with Crippen molar-refractivity contribution in [2.45, 2.75) is 26.2 Å². The van der Waals surface area contributed by atoms with Crippen molar-refractivity contribution in [1.29, 1.82) is 0 Å². The monoisotopic (exact) mass is 255 g/mol. The van der Waals surface area contributed by atoms with Crippen LogP contribution in [0.25, 0.3) is 11.3 Å². The van der Waals surface area contributed by atoms with E-state index in [2.05, 4.69) is 18.0 Å². The summed E-state index contributed by atoms with van der Waals surface area (Å²) in [6, 6.07) is 10.9. The number of carboxylic acids is 1. The van der Waals surface area contributed by atoms with E-state index in [1.54, 1.807) is 24.3 Å². The molecule has 2 rings (SSSR count). The lowest BCUT2D eigenvalue weighted by molar-refractivity contribution is 0.0697. The Hall–Kier alpha value is -2.16. The normalized spacial score (nSPS) is 10.4. The van der Waals surface area contributed by atoms with E-state index < -0.39 is 5.97 Å². The molecule has 0 fully saturated rings. The van der Waals surface area contributed by atoms with Gasteiger partial charge in [-0.05, 0) is 36.6 Å². The zero-order valence-electron chi connectivity index (χ0n) is 11.0. The molecule has 98 valence electrons. The molecular weight excluding hydrogens is 238 g/mol. The van der Waals surface area contributed by atoms with E-state index in [0.29, 0.717) is 5.56 Å². The summed E-state index contributed by atoms with van der Waals surface area (Å²) in [5, 5.41) is 8.85. The van der Waals surface area contributed by atoms with Gasteiger partial charge < -0.3 is 5.11 Å². The van der Waals surface area contributed by atoms with Gasteiger partial charge in [0.05, 0.1) is 11.3 Å². The Balaban J connectivity index is 2.15. The lowest BCUT2D eigenvalue weighted by Crippen LogP contribution is -1.95. The minimum atomic E-state index is -0.908. The number of aromatic carboxylic acids is 1. The number of nitrogens with zero attached hydrogens (tertiary/aromatic N) is 1. The molecule has 0 saturated carbocycles. The number of unbranched alkanes of at least 4 members (excludes halogenated alkanes) is 1. The van der Waals surface area contributed by atoms with Crippen LogP contribution in [0.1, 0.15) is 35.7 Å². The Morgan fingerprint density at radius 1 is 1.16 bits per heavy atom. The lowest BCUT2D eigenvalue weighted by Gasteiger charge is -2.04. The third-order valence-electron chi connectivity index (χ3n) is 3.07. The van der Waals surface area contributed by atoms with E-state index in [9.17, 15) is 4.79 Å². The molecule has 0 saturated heterocycles. The van der Waals surface area contributed by atoms with Crippen LogP contribution in [0.2, 0.25) is 0 Å². The molecule has 1 N–H and O–H groups in total. The molecule has 0 aliphatic carbocycles. The van der Waals surface area contributed by atoms with Gasteiger partial charge in [-0.25, -0.2) is 4.79 Å². The number of carbonyl (C=O) groups is 1. The first-order valence-electron chi connectivity index (χ1n) is 6.49. The van der Waals surface area contributed by atoms with Crippen molar-refractivity contribution in [3.05, 3.63) is 53.7 Å². The van der Waals surface area contributed by atoms with Crippen LogP contribution in [0, 0.1) is 0 Å². The summed E-state index contributed by atoms with van der Waals surface area (Å²) in [7, 11) is 0. The van der Waals surface area contributed by atoms with Crippen LogP contribution in [0.4, 0.5) is 0 Å². The van der Waals surface area contributed by atoms with Crippen LogP contribution in [0.3, 0.4) is 0 Å². The average molecular weight is 255 g/mol. The van der Waals surface area contributed by atoms with Crippen molar-refractivity contribution < 1.29 is 9.90 Å². The number of pyridine rings is 1. The molecule has 0 bridgehead atoms. The SMILES string of the molecule is CCCCc1ccc(-c2ccc(C(=O)O)cc2)nc1. The van der Waals surface area contributed by atoms with E-state index in [0.717, 1.165) is 17.7 Å². The van der Waals surface area contributed by atoms with Gasteiger partial charge in [0.1, 0.15) is 0 Å². The summed E-state index contributed by atoms with van der Waals surface area (Å²) in [6.07, 6.45) is 5.31. The van der Waals surface area contributed by atoms with Crippen molar-refractivity contribution in [3.63, 3.8) is 0 Å². The maximum absolute atomic E-state index is 10.8. The largest absolute Gasteiger partial charge is 0.478 e. The Morgan fingerprint density at radius 3 is 2.42 bits per heavy atom. The van der Waals surface area contributed by atoms with Crippen molar-refractivity contribution in [2.24, 2.45) is 0 Å². The summed E-state index contributed by atoms with van der Waals surface area (Å²) in [5.74, 6) is -0.908. The van der Waals surface area contributed by atoms with Gasteiger partial charge in [0.25, 0.3) is 0 Å². The van der Waals surface area contributed by atoms with Crippen molar-refractivity contribution in [1.82, 2.24) is 4.98 Å². The van der Waals surface area contributed by atoms with Gasteiger partial charge in [-0.2, -0.15) is 0 Å². The molecule has 0 atom stereocenters. The summed E-state index contributed by atoms with van der Waals surface area (Å²) < 4.78 is 0. The molecule has 0 radical (unpaired) electrons. The molecular formula is C16H17NO2. The summed E-state index contributed by atoms with van der Waals surface area (Å²) in [6.45, 7) is 2.17. The molecule has 0 aliphatic rings. The van der Waals surface area contributed by atoms with Gasteiger partial charge in [-0.1, -0.05) is 31.5 Å². The molecule has 3 nitrogen and oxygen atoms in total. The van der Waals surface area contributed by atoms with Gasteiger partial charge in [-0.15, -0.1) is 0 Å². The van der Waals surface area contributed by atoms with Crippen molar-refractivity contribution in [2.75, 3.05) is 0 Å². The highest BCUT2D eigenvalue weighted by atomic mass is 16.4. The Bertz CT molecular complexity index is 544. The fourth-order valence-corrected chi connectivity index (χ4v) is 1.91. The van der Waals surface area contributed by atoms with Crippen molar-refractivity contribution >= 4 is 5.97 Å². The number of aromatic nitrogens is 1. The molecule has 0 aliphatic heterocycles. The third-order valence-corrected chi connectivity index (χ3v) is 3.07. The third kappa shape index (κ3) is 3.41. The topological polar surface area (TPSA) is 50.2 Å². The highest BCUT2D eigenvalue weighted by molar-refractivity contribution is 5.88. The highest BCUT2D eigenvalue weighted by Gasteiger charge is 2.04. The fraction of sp³-hybridized carbons (Fsp3) is 0.250. The first-order valence-corrected chi connectivity index (χ1v) is 6.49. The molecule has 1 aromatic heterocycles. The number of hydrogen-bond donors (Lipinski definition) is 1. The standard InChI is InChI=1S/C16H17NO2/c1-2-3-4-12-5-10-15(17-11-12)13-6-8-14(9-7-13)16(18)19/h5-11H,2-4H2,1H3,(H,18,19). The first-order chi connectivity index (χ1) is 9.20. The van der Waals surface area contributed by atoms with Crippen LogP contribution in [0.15, 0.2) is 42.6 Å². The summed E-state index contributed by atoms with van der Waals surface area (Å²) in [4.78, 5) is 15.2. The van der Waals surface area contributed by atoms with Gasteiger partial charge >= 0.3 is 5.97 Å². The van der Waals surface area contributed by atoms with Crippen LogP contribution >= 0.6 is 0 Å². The van der Waals surface area contributed by atoms with Crippen LogP contribution in [0.5, 0.6) is 0 Å². The molecule has 19 heavy (non-hydrogen) atoms. The second-order valence-electron chi connectivity index (χ2n) is 4.54. The molecule has 1 heterocycles. The molecule has 2 aromatic rings. The number of hydrogen-bond acceptors (Lipinski definition) is 2. The highest BCUT2D eigenvalue weighted by Crippen LogP contribution is 2.18. The van der Waals surface area contributed by atoms with Crippen molar-refractivity contribution in [3.8, 4) is 11.3 Å². The molecule has 0 spiro atoms. The van der Waals surface area contributed by atoms with E-state index in [1.807, 2.05) is 12.3 Å². The minimum absolute atomic E-state index is 0.295. The van der Waals surface area contributed by atoms with E-state index in [4.69, 9.17) is 5.11 Å². The second kappa shape index (κ2) is 6.14. The number of rotatable bonds is 5. The van der Waals surface area contributed by atoms with Crippen LogP contribution < -0.4 is 0 Å². The number of aryl methyl sites for hydroxylation is 1. The van der Waals surface area contributed by atoms with E-state index in [-0.39, 0.29) is 0 Å². The maximum atomic E-state index is 10.8. The maximum Gasteiger partial charge on any atom is 0.335 e. The minimum Gasteiger partial charge on any atom is -0.478 e. The van der Waals surface area contributed by atoms with Gasteiger partial charge in [0.2, 0.25) is 0 Å². The fourth-order valence-electron chi connectivity index (χ4n) is 1.91. The quantitative estimate of drug-likeness (QED) is 0.884. The predicted molar refractivity (Wildman–Crippen MR) is 75.2 cm³/mol.